The van der Waals surface area contributed by atoms with Gasteiger partial charge in [0.15, 0.2) is 0 Å². The largest absolute Gasteiger partial charge is 0.391 e. The molecule has 0 unspecified atom stereocenters. The summed E-state index contributed by atoms with van der Waals surface area (Å²) in [4.78, 5) is 1.28. The van der Waals surface area contributed by atoms with Gasteiger partial charge in [0.05, 0.1) is 5.00 Å². The van der Waals surface area contributed by atoms with E-state index in [1.54, 1.807) is 11.3 Å². The highest BCUT2D eigenvalue weighted by atomic mass is 32.1. The SMILES string of the molecule is Cc1sc(N)cc1-c1c(C)n(C)c2ccccc12. The van der Waals surface area contributed by atoms with Gasteiger partial charge in [-0.25, -0.2) is 0 Å². The summed E-state index contributed by atoms with van der Waals surface area (Å²) in [7, 11) is 2.12. The van der Waals surface area contributed by atoms with E-state index in [9.17, 15) is 0 Å². The molecule has 3 aromatic rings. The highest BCUT2D eigenvalue weighted by molar-refractivity contribution is 7.16. The van der Waals surface area contributed by atoms with Crippen LogP contribution in [0.3, 0.4) is 0 Å². The third kappa shape index (κ3) is 1.47. The summed E-state index contributed by atoms with van der Waals surface area (Å²) in [5, 5.41) is 2.19. The molecule has 0 bridgehead atoms. The lowest BCUT2D eigenvalue weighted by Crippen LogP contribution is -1.90. The van der Waals surface area contributed by atoms with E-state index in [1.165, 1.54) is 32.6 Å². The Morgan fingerprint density at radius 3 is 2.56 bits per heavy atom. The second-order valence-corrected chi connectivity index (χ2v) is 5.94. The molecule has 0 saturated carbocycles. The van der Waals surface area contributed by atoms with E-state index < -0.39 is 0 Å². The van der Waals surface area contributed by atoms with E-state index >= 15 is 0 Å². The lowest BCUT2D eigenvalue weighted by Gasteiger charge is -2.01. The number of rotatable bonds is 1. The van der Waals surface area contributed by atoms with E-state index in [0.717, 1.165) is 5.00 Å². The molecular weight excluding hydrogens is 240 g/mol. The topological polar surface area (TPSA) is 30.9 Å². The first-order valence-corrected chi connectivity index (χ1v) is 6.81. The average Bonchev–Trinajstić information content (AvgIpc) is 2.79. The minimum atomic E-state index is 0.884. The molecule has 0 aliphatic rings. The number of nitrogen functional groups attached to an aromatic ring is 1. The van der Waals surface area contributed by atoms with Crippen LogP contribution in [0.5, 0.6) is 0 Å². The fraction of sp³-hybridized carbons (Fsp3) is 0.200. The summed E-state index contributed by atoms with van der Waals surface area (Å²) in [5.41, 5.74) is 11.1. The number of anilines is 1. The molecule has 0 atom stereocenters. The zero-order chi connectivity index (χ0) is 12.9. The summed E-state index contributed by atoms with van der Waals surface area (Å²) >= 11 is 1.66. The molecule has 0 radical (unpaired) electrons. The average molecular weight is 256 g/mol. The van der Waals surface area contributed by atoms with E-state index in [0.29, 0.717) is 0 Å². The minimum Gasteiger partial charge on any atom is -0.391 e. The summed E-state index contributed by atoms with van der Waals surface area (Å²) in [6, 6.07) is 10.6. The first kappa shape index (κ1) is 11.4. The van der Waals surface area contributed by atoms with Crippen LogP contribution in [-0.2, 0) is 7.05 Å². The van der Waals surface area contributed by atoms with Crippen LogP contribution in [0.4, 0.5) is 5.00 Å². The van der Waals surface area contributed by atoms with Gasteiger partial charge in [0.2, 0.25) is 0 Å². The third-order valence-corrected chi connectivity index (χ3v) is 4.49. The van der Waals surface area contributed by atoms with Crippen LogP contribution in [0.15, 0.2) is 30.3 Å². The van der Waals surface area contributed by atoms with Gasteiger partial charge in [-0.05, 0) is 31.5 Å². The third-order valence-electron chi connectivity index (χ3n) is 3.61. The van der Waals surface area contributed by atoms with E-state index in [4.69, 9.17) is 5.73 Å². The smallest absolute Gasteiger partial charge is 0.0865 e. The van der Waals surface area contributed by atoms with Crippen molar-refractivity contribution in [3.63, 3.8) is 0 Å². The van der Waals surface area contributed by atoms with E-state index in [2.05, 4.69) is 55.8 Å². The van der Waals surface area contributed by atoms with Crippen LogP contribution in [0.1, 0.15) is 10.6 Å². The predicted octanol–water partition coefficient (Wildman–Crippen LogP) is 4.11. The molecule has 0 spiro atoms. The molecule has 92 valence electrons. The number of aromatic nitrogens is 1. The molecule has 0 amide bonds. The van der Waals surface area contributed by atoms with Crippen molar-refractivity contribution >= 4 is 27.2 Å². The molecule has 2 N–H and O–H groups in total. The lowest BCUT2D eigenvalue weighted by molar-refractivity contribution is 0.919. The van der Waals surface area contributed by atoms with Crippen LogP contribution in [-0.4, -0.2) is 4.57 Å². The summed E-state index contributed by atoms with van der Waals surface area (Å²) in [6.07, 6.45) is 0. The van der Waals surface area contributed by atoms with Crippen molar-refractivity contribution in [1.82, 2.24) is 4.57 Å². The van der Waals surface area contributed by atoms with Crippen molar-refractivity contribution in [2.75, 3.05) is 5.73 Å². The van der Waals surface area contributed by atoms with Crippen LogP contribution in [0.2, 0.25) is 0 Å². The van der Waals surface area contributed by atoms with Crippen molar-refractivity contribution in [2.45, 2.75) is 13.8 Å². The molecule has 18 heavy (non-hydrogen) atoms. The van der Waals surface area contributed by atoms with Gasteiger partial charge in [0.25, 0.3) is 0 Å². The zero-order valence-electron chi connectivity index (χ0n) is 10.8. The molecule has 2 aromatic heterocycles. The van der Waals surface area contributed by atoms with Gasteiger partial charge >= 0.3 is 0 Å². The Morgan fingerprint density at radius 1 is 1.17 bits per heavy atom. The molecule has 2 heterocycles. The first-order chi connectivity index (χ1) is 8.59. The number of hydrogen-bond acceptors (Lipinski definition) is 2. The van der Waals surface area contributed by atoms with Crippen molar-refractivity contribution in [3.05, 3.63) is 40.9 Å². The highest BCUT2D eigenvalue weighted by Gasteiger charge is 2.16. The van der Waals surface area contributed by atoms with Crippen molar-refractivity contribution in [1.29, 1.82) is 0 Å². The number of thiophene rings is 1. The Morgan fingerprint density at radius 2 is 1.89 bits per heavy atom. The normalized spacial score (nSPS) is 11.3. The number of fused-ring (bicyclic) bond motifs is 1. The van der Waals surface area contributed by atoms with Crippen molar-refractivity contribution < 1.29 is 0 Å². The molecule has 3 rings (SSSR count). The lowest BCUT2D eigenvalue weighted by atomic mass is 10.0. The van der Waals surface area contributed by atoms with Gasteiger partial charge in [-0.15, -0.1) is 11.3 Å². The van der Waals surface area contributed by atoms with Crippen LogP contribution < -0.4 is 5.73 Å². The first-order valence-electron chi connectivity index (χ1n) is 6.00. The Kier molecular flexibility index (Phi) is 2.45. The molecule has 0 aliphatic heterocycles. The maximum absolute atomic E-state index is 5.93. The highest BCUT2D eigenvalue weighted by Crippen LogP contribution is 2.39. The molecule has 2 nitrogen and oxygen atoms in total. The summed E-state index contributed by atoms with van der Waals surface area (Å²) < 4.78 is 2.25. The number of aryl methyl sites for hydroxylation is 2. The molecule has 1 aromatic carbocycles. The van der Waals surface area contributed by atoms with E-state index in [-0.39, 0.29) is 0 Å². The summed E-state index contributed by atoms with van der Waals surface area (Å²) in [5.74, 6) is 0. The second-order valence-electron chi connectivity index (χ2n) is 4.66. The standard InChI is InChI=1S/C15H16N2S/c1-9-15(12-8-14(16)18-10(12)2)11-6-4-5-7-13(11)17(9)3/h4-8H,16H2,1-3H3. The maximum atomic E-state index is 5.93. The van der Waals surface area contributed by atoms with Crippen molar-refractivity contribution in [3.8, 4) is 11.1 Å². The minimum absolute atomic E-state index is 0.884. The fourth-order valence-corrected chi connectivity index (χ4v) is 3.42. The number of para-hydroxylation sites is 1. The number of benzene rings is 1. The van der Waals surface area contributed by atoms with E-state index in [1.807, 2.05) is 0 Å². The molecule has 0 fully saturated rings. The second kappa shape index (κ2) is 3.89. The predicted molar refractivity (Wildman–Crippen MR) is 80.1 cm³/mol. The van der Waals surface area contributed by atoms with Crippen molar-refractivity contribution in [2.24, 2.45) is 7.05 Å². The quantitative estimate of drug-likeness (QED) is 0.698. The van der Waals surface area contributed by atoms with Gasteiger partial charge in [0.1, 0.15) is 0 Å². The Hall–Kier alpha value is -1.74. The summed E-state index contributed by atoms with van der Waals surface area (Å²) in [6.45, 7) is 4.31. The van der Waals surface area contributed by atoms with Gasteiger partial charge in [-0.2, -0.15) is 0 Å². The molecule has 0 aliphatic carbocycles. The van der Waals surface area contributed by atoms with Gasteiger partial charge < -0.3 is 10.3 Å². The molecule has 0 saturated heterocycles. The maximum Gasteiger partial charge on any atom is 0.0865 e. The number of nitrogens with two attached hydrogens (primary N) is 1. The number of hydrogen-bond donors (Lipinski definition) is 1. The fourth-order valence-electron chi connectivity index (χ4n) is 2.61. The van der Waals surface area contributed by atoms with Crippen LogP contribution in [0.25, 0.3) is 22.0 Å². The Bertz CT molecular complexity index is 734. The van der Waals surface area contributed by atoms with Crippen LogP contribution >= 0.6 is 11.3 Å². The van der Waals surface area contributed by atoms with Gasteiger partial charge in [0, 0.05) is 34.1 Å². The van der Waals surface area contributed by atoms with Gasteiger partial charge in [-0.1, -0.05) is 18.2 Å². The van der Waals surface area contributed by atoms with Gasteiger partial charge in [-0.3, -0.25) is 0 Å². The monoisotopic (exact) mass is 256 g/mol. The zero-order valence-corrected chi connectivity index (χ0v) is 11.6. The molecule has 3 heteroatoms. The Balaban J connectivity index is 2.42. The number of nitrogens with zero attached hydrogens (tertiary/aromatic N) is 1. The van der Waals surface area contributed by atoms with Crippen LogP contribution in [0, 0.1) is 13.8 Å². The Labute approximate surface area is 111 Å². The molecular formula is C15H16N2S.